The highest BCUT2D eigenvalue weighted by Crippen LogP contribution is 2.26. The van der Waals surface area contributed by atoms with E-state index in [1.807, 2.05) is 19.2 Å². The van der Waals surface area contributed by atoms with E-state index in [9.17, 15) is 0 Å². The van der Waals surface area contributed by atoms with Crippen LogP contribution < -0.4 is 5.73 Å². The van der Waals surface area contributed by atoms with Crippen LogP contribution in [0.1, 0.15) is 38.2 Å². The van der Waals surface area contributed by atoms with Crippen molar-refractivity contribution in [2.75, 3.05) is 19.4 Å². The molecule has 3 nitrogen and oxygen atoms in total. The smallest absolute Gasteiger partial charge is 0.0586 e. The molecule has 0 radical (unpaired) electrons. The Morgan fingerprint density at radius 3 is 2.79 bits per heavy atom. The van der Waals surface area contributed by atoms with E-state index in [0.29, 0.717) is 12.1 Å². The van der Waals surface area contributed by atoms with E-state index in [-0.39, 0.29) is 0 Å². The molecule has 1 aliphatic rings. The van der Waals surface area contributed by atoms with Gasteiger partial charge in [-0.05, 0) is 43.9 Å². The Morgan fingerprint density at radius 1 is 1.32 bits per heavy atom. The van der Waals surface area contributed by atoms with Gasteiger partial charge in [-0.3, -0.25) is 4.90 Å². The van der Waals surface area contributed by atoms with E-state index >= 15 is 0 Å². The number of hydrogen-bond acceptors (Lipinski definition) is 3. The molecule has 2 atom stereocenters. The molecule has 0 spiro atoms. The number of nitrogens with zero attached hydrogens (tertiary/aromatic N) is 1. The van der Waals surface area contributed by atoms with Crippen LogP contribution in [0.15, 0.2) is 24.3 Å². The Labute approximate surface area is 116 Å². The van der Waals surface area contributed by atoms with Crippen molar-refractivity contribution in [3.63, 3.8) is 0 Å². The van der Waals surface area contributed by atoms with Crippen LogP contribution in [0.4, 0.5) is 5.69 Å². The van der Waals surface area contributed by atoms with Crippen LogP contribution in [-0.2, 0) is 11.3 Å². The van der Waals surface area contributed by atoms with E-state index in [4.69, 9.17) is 10.5 Å². The van der Waals surface area contributed by atoms with Gasteiger partial charge < -0.3 is 10.5 Å². The number of methoxy groups -OCH3 is 1. The predicted octanol–water partition coefficient (Wildman–Crippen LogP) is 3.05. The molecular formula is C16H26N2O. The van der Waals surface area contributed by atoms with Gasteiger partial charge in [-0.1, -0.05) is 25.1 Å². The lowest BCUT2D eigenvalue weighted by Gasteiger charge is -2.36. The van der Waals surface area contributed by atoms with Crippen molar-refractivity contribution in [3.8, 4) is 0 Å². The highest BCUT2D eigenvalue weighted by Gasteiger charge is 2.26. The second-order valence-corrected chi connectivity index (χ2v) is 5.44. The van der Waals surface area contributed by atoms with Gasteiger partial charge in [0, 0.05) is 25.4 Å². The van der Waals surface area contributed by atoms with Crippen LogP contribution in [0.5, 0.6) is 0 Å². The summed E-state index contributed by atoms with van der Waals surface area (Å²) >= 11 is 0. The molecule has 1 saturated carbocycles. The highest BCUT2D eigenvalue weighted by molar-refractivity contribution is 5.46. The van der Waals surface area contributed by atoms with Gasteiger partial charge in [-0.25, -0.2) is 0 Å². The zero-order valence-corrected chi connectivity index (χ0v) is 12.1. The second kappa shape index (κ2) is 6.92. The van der Waals surface area contributed by atoms with Crippen LogP contribution in [-0.4, -0.2) is 30.7 Å². The molecule has 3 heteroatoms. The first-order valence-electron chi connectivity index (χ1n) is 7.34. The van der Waals surface area contributed by atoms with E-state index in [0.717, 1.165) is 25.2 Å². The van der Waals surface area contributed by atoms with Gasteiger partial charge in [0.2, 0.25) is 0 Å². The summed E-state index contributed by atoms with van der Waals surface area (Å²) in [4.78, 5) is 2.54. The number of para-hydroxylation sites is 1. The molecule has 1 aliphatic carbocycles. The fraction of sp³-hybridized carbons (Fsp3) is 0.625. The maximum absolute atomic E-state index is 6.06. The van der Waals surface area contributed by atoms with E-state index < -0.39 is 0 Å². The Hall–Kier alpha value is -1.06. The standard InChI is InChI=1S/C16H26N2O/c1-3-18(12-13-7-4-5-10-16(13)17)14-8-6-9-15(11-14)19-2/h4-5,7,10,14-15H,3,6,8-9,11-12,17H2,1-2H3. The Morgan fingerprint density at radius 2 is 2.11 bits per heavy atom. The minimum absolute atomic E-state index is 0.431. The number of anilines is 1. The molecule has 2 N–H and O–H groups in total. The number of benzene rings is 1. The van der Waals surface area contributed by atoms with Crippen molar-refractivity contribution in [2.24, 2.45) is 0 Å². The molecule has 0 saturated heterocycles. The maximum atomic E-state index is 6.06. The highest BCUT2D eigenvalue weighted by atomic mass is 16.5. The SMILES string of the molecule is CCN(Cc1ccccc1N)C1CCCC(OC)C1. The quantitative estimate of drug-likeness (QED) is 0.829. The van der Waals surface area contributed by atoms with E-state index in [2.05, 4.69) is 24.0 Å². The third-order valence-corrected chi connectivity index (χ3v) is 4.28. The lowest BCUT2D eigenvalue weighted by Crippen LogP contribution is -2.40. The van der Waals surface area contributed by atoms with Gasteiger partial charge >= 0.3 is 0 Å². The normalized spacial score (nSPS) is 23.7. The van der Waals surface area contributed by atoms with Crippen LogP contribution in [0.2, 0.25) is 0 Å². The number of nitrogen functional groups attached to an aromatic ring is 1. The monoisotopic (exact) mass is 262 g/mol. The number of hydrogen-bond donors (Lipinski definition) is 1. The lowest BCUT2D eigenvalue weighted by atomic mass is 9.91. The minimum atomic E-state index is 0.431. The van der Waals surface area contributed by atoms with Crippen molar-refractivity contribution in [1.82, 2.24) is 4.90 Å². The molecule has 2 rings (SSSR count). The Kier molecular flexibility index (Phi) is 5.23. The summed E-state index contributed by atoms with van der Waals surface area (Å²) in [5.41, 5.74) is 8.20. The summed E-state index contributed by atoms with van der Waals surface area (Å²) in [6.45, 7) is 4.25. The molecule has 1 fully saturated rings. The molecule has 19 heavy (non-hydrogen) atoms. The lowest BCUT2D eigenvalue weighted by molar-refractivity contribution is 0.0271. The van der Waals surface area contributed by atoms with Gasteiger partial charge in [0.25, 0.3) is 0 Å². The van der Waals surface area contributed by atoms with Gasteiger partial charge in [0.1, 0.15) is 0 Å². The first kappa shape index (κ1) is 14.4. The molecule has 106 valence electrons. The molecule has 0 heterocycles. The van der Waals surface area contributed by atoms with Crippen molar-refractivity contribution >= 4 is 5.69 Å². The molecule has 1 aromatic carbocycles. The van der Waals surface area contributed by atoms with Gasteiger partial charge in [0.05, 0.1) is 6.10 Å². The number of ether oxygens (including phenoxy) is 1. The van der Waals surface area contributed by atoms with Crippen LogP contribution in [0, 0.1) is 0 Å². The topological polar surface area (TPSA) is 38.5 Å². The Bertz CT molecular complexity index is 394. The fourth-order valence-corrected chi connectivity index (χ4v) is 3.06. The zero-order chi connectivity index (χ0) is 13.7. The molecule has 0 aromatic heterocycles. The molecule has 2 unspecified atom stereocenters. The van der Waals surface area contributed by atoms with Crippen molar-refractivity contribution < 1.29 is 4.74 Å². The number of nitrogens with two attached hydrogens (primary N) is 1. The first-order chi connectivity index (χ1) is 9.24. The van der Waals surface area contributed by atoms with E-state index in [1.165, 1.54) is 24.8 Å². The van der Waals surface area contributed by atoms with Gasteiger partial charge in [-0.15, -0.1) is 0 Å². The minimum Gasteiger partial charge on any atom is -0.398 e. The molecule has 0 aliphatic heterocycles. The van der Waals surface area contributed by atoms with Crippen LogP contribution in [0.3, 0.4) is 0 Å². The molecule has 1 aromatic rings. The summed E-state index contributed by atoms with van der Waals surface area (Å²) in [7, 11) is 1.83. The largest absolute Gasteiger partial charge is 0.398 e. The molecular weight excluding hydrogens is 236 g/mol. The molecule has 0 amide bonds. The van der Waals surface area contributed by atoms with Crippen molar-refractivity contribution in [1.29, 1.82) is 0 Å². The fourth-order valence-electron chi connectivity index (χ4n) is 3.06. The van der Waals surface area contributed by atoms with Crippen molar-refractivity contribution in [3.05, 3.63) is 29.8 Å². The van der Waals surface area contributed by atoms with Crippen LogP contribution in [0.25, 0.3) is 0 Å². The first-order valence-corrected chi connectivity index (χ1v) is 7.34. The van der Waals surface area contributed by atoms with Gasteiger partial charge in [0.15, 0.2) is 0 Å². The summed E-state index contributed by atoms with van der Waals surface area (Å²) in [6, 6.07) is 8.81. The molecule has 0 bridgehead atoms. The number of rotatable bonds is 5. The second-order valence-electron chi connectivity index (χ2n) is 5.44. The average Bonchev–Trinajstić information content (AvgIpc) is 2.46. The summed E-state index contributed by atoms with van der Waals surface area (Å²) in [5.74, 6) is 0. The van der Waals surface area contributed by atoms with E-state index in [1.54, 1.807) is 0 Å². The Balaban J connectivity index is 2.01. The summed E-state index contributed by atoms with van der Waals surface area (Å²) < 4.78 is 5.54. The summed E-state index contributed by atoms with van der Waals surface area (Å²) in [6.07, 6.45) is 5.33. The average molecular weight is 262 g/mol. The zero-order valence-electron chi connectivity index (χ0n) is 12.1. The predicted molar refractivity (Wildman–Crippen MR) is 80.0 cm³/mol. The summed E-state index contributed by atoms with van der Waals surface area (Å²) in [5, 5.41) is 0. The van der Waals surface area contributed by atoms with Crippen LogP contribution >= 0.6 is 0 Å². The maximum Gasteiger partial charge on any atom is 0.0586 e. The third kappa shape index (κ3) is 3.71. The van der Waals surface area contributed by atoms with Gasteiger partial charge in [-0.2, -0.15) is 0 Å². The third-order valence-electron chi connectivity index (χ3n) is 4.28. The van der Waals surface area contributed by atoms with Crippen molar-refractivity contribution in [2.45, 2.75) is 51.3 Å².